The van der Waals surface area contributed by atoms with E-state index in [9.17, 15) is 14.0 Å². The van der Waals surface area contributed by atoms with E-state index in [0.717, 1.165) is 0 Å². The molecule has 0 bridgehead atoms. The van der Waals surface area contributed by atoms with Gasteiger partial charge in [-0.25, -0.2) is 4.39 Å². The summed E-state index contributed by atoms with van der Waals surface area (Å²) in [6.45, 7) is 0.371. The smallest absolute Gasteiger partial charge is 0.227 e. The Morgan fingerprint density at radius 1 is 1.12 bits per heavy atom. The van der Waals surface area contributed by atoms with Gasteiger partial charge in [0.05, 0.1) is 26.3 Å². The number of nitrogens with one attached hydrogen (secondary N) is 1. The molecule has 8 nitrogen and oxygen atoms in total. The van der Waals surface area contributed by atoms with Gasteiger partial charge in [-0.3, -0.25) is 14.6 Å². The van der Waals surface area contributed by atoms with E-state index in [4.69, 9.17) is 14.2 Å². The molecule has 1 aliphatic heterocycles. The van der Waals surface area contributed by atoms with Gasteiger partial charge in [-0.15, -0.1) is 0 Å². The number of ether oxygens (including phenoxy) is 3. The minimum Gasteiger partial charge on any atom is -0.493 e. The summed E-state index contributed by atoms with van der Waals surface area (Å²) in [6.07, 6.45) is 3.17. The Labute approximate surface area is 196 Å². The van der Waals surface area contributed by atoms with Crippen molar-refractivity contribution in [3.63, 3.8) is 0 Å². The van der Waals surface area contributed by atoms with E-state index in [1.54, 1.807) is 47.5 Å². The molecule has 0 saturated carbocycles. The molecule has 2 heterocycles. The van der Waals surface area contributed by atoms with Gasteiger partial charge >= 0.3 is 0 Å². The van der Waals surface area contributed by atoms with Crippen molar-refractivity contribution in [3.8, 4) is 23.0 Å². The molecule has 1 atom stereocenters. The number of anilines is 1. The number of hydrogen-bond donors (Lipinski definition) is 1. The standard InChI is InChI=1S/C25H24FN3O5/c1-32-22-8-6-18(12-23(22)33-2)29-15-17(11-24(29)30)25(31)28-13-16-5-7-21(20(26)10-16)34-19-4-3-9-27-14-19/h3-10,12,14,17H,11,13,15H2,1-2H3,(H,28,31). The van der Waals surface area contributed by atoms with E-state index in [1.165, 1.54) is 32.5 Å². The van der Waals surface area contributed by atoms with E-state index in [2.05, 4.69) is 10.3 Å². The molecule has 0 radical (unpaired) electrons. The number of carbonyl (C=O) groups excluding carboxylic acids is 2. The van der Waals surface area contributed by atoms with Gasteiger partial charge in [-0.05, 0) is 42.0 Å². The maximum atomic E-state index is 14.4. The summed E-state index contributed by atoms with van der Waals surface area (Å²) in [4.78, 5) is 30.7. The van der Waals surface area contributed by atoms with Crippen molar-refractivity contribution in [1.82, 2.24) is 10.3 Å². The lowest BCUT2D eigenvalue weighted by atomic mass is 10.1. The highest BCUT2D eigenvalue weighted by Gasteiger charge is 2.35. The van der Waals surface area contributed by atoms with Crippen LogP contribution in [0.1, 0.15) is 12.0 Å². The van der Waals surface area contributed by atoms with Gasteiger partial charge in [0.2, 0.25) is 11.8 Å². The highest BCUT2D eigenvalue weighted by atomic mass is 19.1. The molecule has 1 N–H and O–H groups in total. The third-order valence-corrected chi connectivity index (χ3v) is 5.50. The Morgan fingerprint density at radius 3 is 2.62 bits per heavy atom. The monoisotopic (exact) mass is 465 g/mol. The van der Waals surface area contributed by atoms with Gasteiger partial charge in [0.1, 0.15) is 5.75 Å². The fourth-order valence-electron chi connectivity index (χ4n) is 3.73. The van der Waals surface area contributed by atoms with E-state index in [0.29, 0.717) is 28.5 Å². The molecule has 0 spiro atoms. The number of carbonyl (C=O) groups is 2. The second kappa shape index (κ2) is 10.2. The second-order valence-corrected chi connectivity index (χ2v) is 7.72. The number of rotatable bonds is 8. The number of hydrogen-bond acceptors (Lipinski definition) is 6. The minimum absolute atomic E-state index is 0.0648. The fourth-order valence-corrected chi connectivity index (χ4v) is 3.73. The molecule has 2 aromatic carbocycles. The predicted octanol–water partition coefficient (Wildman–Crippen LogP) is 3.70. The van der Waals surface area contributed by atoms with Crippen molar-refractivity contribution >= 4 is 17.5 Å². The van der Waals surface area contributed by atoms with Crippen LogP contribution in [-0.2, 0) is 16.1 Å². The summed E-state index contributed by atoms with van der Waals surface area (Å²) in [6, 6.07) is 13.0. The molecule has 4 rings (SSSR count). The molecule has 9 heteroatoms. The molecule has 176 valence electrons. The summed E-state index contributed by atoms with van der Waals surface area (Å²) in [5.41, 5.74) is 1.20. The van der Waals surface area contributed by atoms with Crippen molar-refractivity contribution in [1.29, 1.82) is 0 Å². The molecule has 3 aromatic rings. The largest absolute Gasteiger partial charge is 0.493 e. The van der Waals surface area contributed by atoms with Crippen molar-refractivity contribution in [2.45, 2.75) is 13.0 Å². The van der Waals surface area contributed by atoms with Crippen LogP contribution >= 0.6 is 0 Å². The van der Waals surface area contributed by atoms with Gasteiger partial charge in [-0.1, -0.05) is 6.07 Å². The molecule has 0 aliphatic carbocycles. The first-order chi connectivity index (χ1) is 16.5. The quantitative estimate of drug-likeness (QED) is 0.546. The first-order valence-electron chi connectivity index (χ1n) is 10.6. The Hall–Kier alpha value is -4.14. The highest BCUT2D eigenvalue weighted by Crippen LogP contribution is 2.34. The molecule has 2 amide bonds. The minimum atomic E-state index is -0.550. The van der Waals surface area contributed by atoms with E-state index in [-0.39, 0.29) is 37.1 Å². The molecule has 1 saturated heterocycles. The summed E-state index contributed by atoms with van der Waals surface area (Å²) in [7, 11) is 3.05. The average molecular weight is 465 g/mol. The van der Waals surface area contributed by atoms with Crippen molar-refractivity contribution in [2.75, 3.05) is 25.7 Å². The van der Waals surface area contributed by atoms with Gasteiger partial charge in [-0.2, -0.15) is 0 Å². The fraction of sp³-hybridized carbons (Fsp3) is 0.240. The number of methoxy groups -OCH3 is 2. The number of nitrogens with zero attached hydrogens (tertiary/aromatic N) is 2. The molecule has 34 heavy (non-hydrogen) atoms. The Bertz CT molecular complexity index is 1190. The second-order valence-electron chi connectivity index (χ2n) is 7.72. The first-order valence-corrected chi connectivity index (χ1v) is 10.6. The Balaban J connectivity index is 1.35. The lowest BCUT2D eigenvalue weighted by Crippen LogP contribution is -2.32. The van der Waals surface area contributed by atoms with Gasteiger partial charge in [0.15, 0.2) is 23.1 Å². The van der Waals surface area contributed by atoms with Crippen LogP contribution in [0.2, 0.25) is 0 Å². The van der Waals surface area contributed by atoms with Gasteiger partial charge < -0.3 is 24.4 Å². The first kappa shape index (κ1) is 23.0. The number of aromatic nitrogens is 1. The third kappa shape index (κ3) is 5.09. The Morgan fingerprint density at radius 2 is 1.91 bits per heavy atom. The van der Waals surface area contributed by atoms with Gasteiger partial charge in [0.25, 0.3) is 0 Å². The molecule has 1 fully saturated rings. The number of pyridine rings is 1. The zero-order valence-electron chi connectivity index (χ0n) is 18.8. The van der Waals surface area contributed by atoms with Crippen molar-refractivity contribution in [3.05, 3.63) is 72.3 Å². The molecular weight excluding hydrogens is 441 g/mol. The molecular formula is C25H24FN3O5. The Kier molecular flexibility index (Phi) is 6.91. The van der Waals surface area contributed by atoms with Crippen molar-refractivity contribution in [2.24, 2.45) is 5.92 Å². The third-order valence-electron chi connectivity index (χ3n) is 5.50. The number of benzene rings is 2. The van der Waals surface area contributed by atoms with Gasteiger partial charge in [0, 0.05) is 37.5 Å². The van der Waals surface area contributed by atoms with Crippen LogP contribution in [0.5, 0.6) is 23.0 Å². The SMILES string of the molecule is COc1ccc(N2CC(C(=O)NCc3ccc(Oc4cccnc4)c(F)c3)CC2=O)cc1OC. The lowest BCUT2D eigenvalue weighted by Gasteiger charge is -2.18. The summed E-state index contributed by atoms with van der Waals surface area (Å²) in [5, 5.41) is 2.79. The number of amides is 2. The molecule has 1 unspecified atom stereocenters. The van der Waals surface area contributed by atoms with E-state index < -0.39 is 11.7 Å². The topological polar surface area (TPSA) is 90.0 Å². The summed E-state index contributed by atoms with van der Waals surface area (Å²) >= 11 is 0. The predicted molar refractivity (Wildman–Crippen MR) is 123 cm³/mol. The normalized spacial score (nSPS) is 15.2. The lowest BCUT2D eigenvalue weighted by molar-refractivity contribution is -0.126. The van der Waals surface area contributed by atoms with Crippen LogP contribution in [-0.4, -0.2) is 37.6 Å². The van der Waals surface area contributed by atoms with E-state index >= 15 is 0 Å². The molecule has 1 aliphatic rings. The zero-order chi connectivity index (χ0) is 24.1. The van der Waals surface area contributed by atoms with Crippen LogP contribution in [0.25, 0.3) is 0 Å². The van der Waals surface area contributed by atoms with E-state index in [1.807, 2.05) is 0 Å². The van der Waals surface area contributed by atoms with Crippen LogP contribution in [0.15, 0.2) is 60.9 Å². The maximum Gasteiger partial charge on any atom is 0.227 e. The number of halogens is 1. The molecule has 1 aromatic heterocycles. The summed E-state index contributed by atoms with van der Waals surface area (Å²) < 4.78 is 30.5. The van der Waals surface area contributed by atoms with Crippen LogP contribution in [0, 0.1) is 11.7 Å². The zero-order valence-corrected chi connectivity index (χ0v) is 18.8. The van der Waals surface area contributed by atoms with Crippen LogP contribution in [0.4, 0.5) is 10.1 Å². The summed E-state index contributed by atoms with van der Waals surface area (Å²) in [5.74, 6) is 0.0463. The maximum absolute atomic E-state index is 14.4. The average Bonchev–Trinajstić information content (AvgIpc) is 3.25. The highest BCUT2D eigenvalue weighted by molar-refractivity contribution is 6.00. The van der Waals surface area contributed by atoms with Crippen LogP contribution < -0.4 is 24.4 Å². The van der Waals surface area contributed by atoms with Crippen molar-refractivity contribution < 1.29 is 28.2 Å². The van der Waals surface area contributed by atoms with Crippen LogP contribution in [0.3, 0.4) is 0 Å².